The van der Waals surface area contributed by atoms with Gasteiger partial charge in [-0.1, -0.05) is 18.2 Å². The largest absolute Gasteiger partial charge is 0.381 e. The minimum atomic E-state index is -0.260. The van der Waals surface area contributed by atoms with Crippen LogP contribution in [-0.4, -0.2) is 36.4 Å². The van der Waals surface area contributed by atoms with Gasteiger partial charge < -0.3 is 10.1 Å². The van der Waals surface area contributed by atoms with Crippen LogP contribution < -0.4 is 5.32 Å². The number of halogens is 1. The maximum atomic E-state index is 13.7. The molecule has 1 fully saturated rings. The molecule has 0 saturated carbocycles. The Balaban J connectivity index is 1.55. The van der Waals surface area contributed by atoms with Crippen LogP contribution in [0.4, 0.5) is 4.39 Å². The molecule has 1 aromatic heterocycles. The Bertz CT molecular complexity index is 721. The third kappa shape index (κ3) is 5.05. The van der Waals surface area contributed by atoms with Gasteiger partial charge in [-0.15, -0.1) is 11.8 Å². The number of rotatable bonds is 7. The van der Waals surface area contributed by atoms with Gasteiger partial charge >= 0.3 is 0 Å². The van der Waals surface area contributed by atoms with Gasteiger partial charge in [0.2, 0.25) is 5.91 Å². The molecule has 1 aliphatic rings. The zero-order valence-corrected chi connectivity index (χ0v) is 15.4. The van der Waals surface area contributed by atoms with Crippen LogP contribution >= 0.6 is 11.8 Å². The van der Waals surface area contributed by atoms with E-state index in [4.69, 9.17) is 4.74 Å². The van der Waals surface area contributed by atoms with Gasteiger partial charge in [0.05, 0.1) is 5.75 Å². The number of amides is 1. The van der Waals surface area contributed by atoms with Gasteiger partial charge in [0.25, 0.3) is 0 Å². The summed E-state index contributed by atoms with van der Waals surface area (Å²) in [6.07, 6.45) is 5.10. The summed E-state index contributed by atoms with van der Waals surface area (Å²) in [6, 6.07) is 10.6. The number of hydrogen-bond donors (Lipinski definition) is 1. The van der Waals surface area contributed by atoms with Crippen molar-refractivity contribution in [2.75, 3.05) is 25.5 Å². The van der Waals surface area contributed by atoms with Crippen LogP contribution in [0.5, 0.6) is 0 Å². The maximum absolute atomic E-state index is 13.7. The molecule has 4 nitrogen and oxygen atoms in total. The lowest BCUT2D eigenvalue weighted by Gasteiger charge is -2.38. The summed E-state index contributed by atoms with van der Waals surface area (Å²) in [5.74, 6) is 0.905. The van der Waals surface area contributed by atoms with Crippen molar-refractivity contribution < 1.29 is 13.9 Å². The molecule has 3 rings (SSSR count). The second kappa shape index (κ2) is 9.14. The standard InChI is InChI=1S/C20H23FN2O2S/c21-18-5-1-4-17(11-18)20(6-9-25-10-7-20)15-23-19(24)14-26-13-16-3-2-8-22-12-16/h1-5,8,11-12H,6-7,9-10,13-15H2,(H,23,24). The molecule has 0 unspecified atom stereocenters. The predicted molar refractivity (Wildman–Crippen MR) is 102 cm³/mol. The van der Waals surface area contributed by atoms with Gasteiger partial charge in [-0.3, -0.25) is 9.78 Å². The number of ether oxygens (including phenoxy) is 1. The van der Waals surface area contributed by atoms with Crippen molar-refractivity contribution in [2.24, 2.45) is 0 Å². The number of nitrogens with one attached hydrogen (secondary N) is 1. The average Bonchev–Trinajstić information content (AvgIpc) is 2.68. The summed E-state index contributed by atoms with van der Waals surface area (Å²) in [4.78, 5) is 16.3. The first-order chi connectivity index (χ1) is 12.7. The number of pyridine rings is 1. The van der Waals surface area contributed by atoms with Crippen molar-refractivity contribution in [3.05, 3.63) is 65.7 Å². The van der Waals surface area contributed by atoms with Crippen molar-refractivity contribution in [3.8, 4) is 0 Å². The molecule has 0 spiro atoms. The molecule has 0 atom stereocenters. The van der Waals surface area contributed by atoms with E-state index >= 15 is 0 Å². The highest BCUT2D eigenvalue weighted by molar-refractivity contribution is 7.99. The van der Waals surface area contributed by atoms with Crippen molar-refractivity contribution >= 4 is 17.7 Å². The Kier molecular flexibility index (Phi) is 6.63. The topological polar surface area (TPSA) is 51.2 Å². The van der Waals surface area contributed by atoms with Crippen LogP contribution in [0.3, 0.4) is 0 Å². The van der Waals surface area contributed by atoms with Crippen LogP contribution in [0.25, 0.3) is 0 Å². The van der Waals surface area contributed by atoms with E-state index in [9.17, 15) is 9.18 Å². The summed E-state index contributed by atoms with van der Waals surface area (Å²) in [5.41, 5.74) is 1.78. The van der Waals surface area contributed by atoms with Crippen LogP contribution in [0.15, 0.2) is 48.8 Å². The number of benzene rings is 1. The quantitative estimate of drug-likeness (QED) is 0.808. The van der Waals surface area contributed by atoms with Crippen LogP contribution in [-0.2, 0) is 20.7 Å². The van der Waals surface area contributed by atoms with E-state index < -0.39 is 0 Å². The minimum absolute atomic E-state index is 0.00107. The molecule has 1 aromatic carbocycles. The molecular formula is C20H23FN2O2S. The van der Waals surface area contributed by atoms with Gasteiger partial charge in [0.15, 0.2) is 0 Å². The van der Waals surface area contributed by atoms with Crippen molar-refractivity contribution in [3.63, 3.8) is 0 Å². The molecular weight excluding hydrogens is 351 g/mol. The van der Waals surface area contributed by atoms with E-state index in [0.29, 0.717) is 25.5 Å². The van der Waals surface area contributed by atoms with Gasteiger partial charge in [-0.2, -0.15) is 0 Å². The highest BCUT2D eigenvalue weighted by Gasteiger charge is 2.35. The van der Waals surface area contributed by atoms with Crippen molar-refractivity contribution in [1.82, 2.24) is 10.3 Å². The van der Waals surface area contributed by atoms with E-state index in [1.54, 1.807) is 30.1 Å². The smallest absolute Gasteiger partial charge is 0.230 e. The Morgan fingerprint density at radius 3 is 2.85 bits per heavy atom. The van der Waals surface area contributed by atoms with Crippen molar-refractivity contribution in [2.45, 2.75) is 24.0 Å². The second-order valence-corrected chi connectivity index (χ2v) is 7.52. The molecule has 1 amide bonds. The Morgan fingerprint density at radius 1 is 1.27 bits per heavy atom. The number of carbonyl (C=O) groups is 1. The van der Waals surface area contributed by atoms with E-state index in [-0.39, 0.29) is 17.1 Å². The minimum Gasteiger partial charge on any atom is -0.381 e. The highest BCUT2D eigenvalue weighted by atomic mass is 32.2. The summed E-state index contributed by atoms with van der Waals surface area (Å²) < 4.78 is 19.2. The lowest BCUT2D eigenvalue weighted by Crippen LogP contribution is -2.45. The van der Waals surface area contributed by atoms with E-state index in [1.165, 1.54) is 6.07 Å². The van der Waals surface area contributed by atoms with E-state index in [0.717, 1.165) is 29.7 Å². The van der Waals surface area contributed by atoms with Crippen molar-refractivity contribution in [1.29, 1.82) is 0 Å². The Hall–Kier alpha value is -1.92. The predicted octanol–water partition coefficient (Wildman–Crippen LogP) is 3.32. The molecule has 26 heavy (non-hydrogen) atoms. The fraction of sp³-hybridized carbons (Fsp3) is 0.400. The molecule has 1 saturated heterocycles. The number of nitrogens with zero attached hydrogens (tertiary/aromatic N) is 1. The molecule has 2 aromatic rings. The Morgan fingerprint density at radius 2 is 2.12 bits per heavy atom. The third-order valence-corrected chi connectivity index (χ3v) is 5.74. The first-order valence-electron chi connectivity index (χ1n) is 8.75. The van der Waals surface area contributed by atoms with Crippen LogP contribution in [0.2, 0.25) is 0 Å². The second-order valence-electron chi connectivity index (χ2n) is 6.53. The van der Waals surface area contributed by atoms with Crippen LogP contribution in [0, 0.1) is 5.82 Å². The number of hydrogen-bond acceptors (Lipinski definition) is 4. The van der Waals surface area contributed by atoms with Gasteiger partial charge in [0, 0.05) is 43.3 Å². The normalized spacial score (nSPS) is 16.2. The molecule has 2 heterocycles. The maximum Gasteiger partial charge on any atom is 0.230 e. The average molecular weight is 374 g/mol. The molecule has 1 N–H and O–H groups in total. The number of thioether (sulfide) groups is 1. The molecule has 1 aliphatic heterocycles. The molecule has 0 radical (unpaired) electrons. The third-order valence-electron chi connectivity index (χ3n) is 4.74. The monoisotopic (exact) mass is 374 g/mol. The first-order valence-corrected chi connectivity index (χ1v) is 9.91. The Labute approximate surface area is 157 Å². The van der Waals surface area contributed by atoms with Gasteiger partial charge in [0.1, 0.15) is 5.82 Å². The van der Waals surface area contributed by atoms with E-state index in [1.807, 2.05) is 24.4 Å². The number of carbonyl (C=O) groups excluding carboxylic acids is 1. The SMILES string of the molecule is O=C(CSCc1cccnc1)NCC1(c2cccc(F)c2)CCOCC1. The highest BCUT2D eigenvalue weighted by Crippen LogP contribution is 2.34. The summed E-state index contributed by atoms with van der Waals surface area (Å²) in [5, 5.41) is 3.04. The molecule has 0 bridgehead atoms. The lowest BCUT2D eigenvalue weighted by atomic mass is 9.74. The molecule has 6 heteroatoms. The fourth-order valence-electron chi connectivity index (χ4n) is 3.21. The van der Waals surface area contributed by atoms with Gasteiger partial charge in [-0.25, -0.2) is 4.39 Å². The van der Waals surface area contributed by atoms with Crippen LogP contribution in [0.1, 0.15) is 24.0 Å². The summed E-state index contributed by atoms with van der Waals surface area (Å²) >= 11 is 1.56. The first kappa shape index (κ1) is 18.9. The molecule has 138 valence electrons. The van der Waals surface area contributed by atoms with E-state index in [2.05, 4.69) is 10.3 Å². The summed E-state index contributed by atoms with van der Waals surface area (Å²) in [6.45, 7) is 1.76. The van der Waals surface area contributed by atoms with Gasteiger partial charge in [-0.05, 0) is 42.2 Å². The fourth-order valence-corrected chi connectivity index (χ4v) is 4.01. The lowest BCUT2D eigenvalue weighted by molar-refractivity contribution is -0.119. The summed E-state index contributed by atoms with van der Waals surface area (Å²) in [7, 11) is 0. The zero-order chi connectivity index (χ0) is 18.2. The molecule has 0 aliphatic carbocycles. The zero-order valence-electron chi connectivity index (χ0n) is 14.6. The number of aromatic nitrogens is 1.